The highest BCUT2D eigenvalue weighted by Gasteiger charge is 2.05. The van der Waals surface area contributed by atoms with E-state index in [0.29, 0.717) is 11.0 Å². The lowest BCUT2D eigenvalue weighted by Crippen LogP contribution is -2.00. The molecule has 2 rings (SSSR count). The second kappa shape index (κ2) is 5.50. The average Bonchev–Trinajstić information content (AvgIpc) is 2.68. The zero-order valence-corrected chi connectivity index (χ0v) is 13.0. The molecular weight excluding hydrogens is 369 g/mol. The van der Waals surface area contributed by atoms with E-state index in [-0.39, 0.29) is 5.82 Å². The van der Waals surface area contributed by atoms with Gasteiger partial charge in [-0.05, 0) is 62.5 Å². The number of hydrogen-bond acceptors (Lipinski definition) is 2. The first-order chi connectivity index (χ1) is 8.06. The van der Waals surface area contributed by atoms with Crippen LogP contribution in [-0.4, -0.2) is 0 Å². The number of anilines is 1. The Kier molecular flexibility index (Phi) is 4.22. The van der Waals surface area contributed by atoms with Crippen LogP contribution in [-0.2, 0) is 6.54 Å². The van der Waals surface area contributed by atoms with Gasteiger partial charge in [-0.1, -0.05) is 0 Å². The minimum absolute atomic E-state index is 0.245. The standard InChI is InChI=1S/C12H10Br2FNS/c1-7-2-10(14)11(15)4-12(7)16-5-9-3-8(13)6-17-9/h2-4,6,16H,5H2,1H3. The fourth-order valence-corrected chi connectivity index (χ4v) is 3.31. The molecule has 0 saturated carbocycles. The molecule has 17 heavy (non-hydrogen) atoms. The van der Waals surface area contributed by atoms with Gasteiger partial charge in [0.2, 0.25) is 0 Å². The van der Waals surface area contributed by atoms with E-state index in [4.69, 9.17) is 0 Å². The number of thiophene rings is 1. The second-order valence-corrected chi connectivity index (χ2v) is 6.43. The van der Waals surface area contributed by atoms with Crippen LogP contribution >= 0.6 is 43.2 Å². The van der Waals surface area contributed by atoms with Crippen molar-refractivity contribution in [3.05, 3.63) is 48.8 Å². The number of benzene rings is 1. The molecule has 1 nitrogen and oxygen atoms in total. The van der Waals surface area contributed by atoms with Gasteiger partial charge >= 0.3 is 0 Å². The SMILES string of the molecule is Cc1cc(Br)c(F)cc1NCc1cc(Br)cs1. The molecule has 0 radical (unpaired) electrons. The Bertz CT molecular complexity index is 539. The smallest absolute Gasteiger partial charge is 0.139 e. The van der Waals surface area contributed by atoms with Crippen LogP contribution in [0, 0.1) is 12.7 Å². The van der Waals surface area contributed by atoms with Crippen molar-refractivity contribution in [3.63, 3.8) is 0 Å². The van der Waals surface area contributed by atoms with Gasteiger partial charge < -0.3 is 5.32 Å². The van der Waals surface area contributed by atoms with E-state index in [1.54, 1.807) is 17.4 Å². The summed E-state index contributed by atoms with van der Waals surface area (Å²) in [6.07, 6.45) is 0. The van der Waals surface area contributed by atoms with Gasteiger partial charge in [0.15, 0.2) is 0 Å². The molecule has 0 aliphatic heterocycles. The lowest BCUT2D eigenvalue weighted by molar-refractivity contribution is 0.621. The van der Waals surface area contributed by atoms with Crippen LogP contribution in [0.2, 0.25) is 0 Å². The number of hydrogen-bond donors (Lipinski definition) is 1. The van der Waals surface area contributed by atoms with E-state index in [2.05, 4.69) is 43.2 Å². The van der Waals surface area contributed by atoms with Gasteiger partial charge in [0.1, 0.15) is 5.82 Å². The maximum Gasteiger partial charge on any atom is 0.139 e. The van der Waals surface area contributed by atoms with Crippen molar-refractivity contribution < 1.29 is 4.39 Å². The van der Waals surface area contributed by atoms with Crippen LogP contribution in [0.25, 0.3) is 0 Å². The third kappa shape index (κ3) is 3.30. The molecule has 0 atom stereocenters. The lowest BCUT2D eigenvalue weighted by atomic mass is 10.2. The summed E-state index contributed by atoms with van der Waals surface area (Å²) in [6.45, 7) is 2.66. The molecule has 0 spiro atoms. The van der Waals surface area contributed by atoms with Crippen molar-refractivity contribution in [3.8, 4) is 0 Å². The Hall–Kier alpha value is -0.390. The Morgan fingerprint density at radius 3 is 2.71 bits per heavy atom. The molecule has 1 aromatic carbocycles. The zero-order chi connectivity index (χ0) is 12.4. The second-order valence-electron chi connectivity index (χ2n) is 3.67. The predicted molar refractivity (Wildman–Crippen MR) is 78.2 cm³/mol. The van der Waals surface area contributed by atoms with Gasteiger partial charge in [-0.25, -0.2) is 4.39 Å². The molecule has 1 heterocycles. The number of halogens is 3. The average molecular weight is 379 g/mol. The third-order valence-electron chi connectivity index (χ3n) is 2.34. The van der Waals surface area contributed by atoms with Crippen LogP contribution in [0.3, 0.4) is 0 Å². The summed E-state index contributed by atoms with van der Waals surface area (Å²) in [7, 11) is 0. The van der Waals surface area contributed by atoms with Crippen LogP contribution in [0.4, 0.5) is 10.1 Å². The topological polar surface area (TPSA) is 12.0 Å². The van der Waals surface area contributed by atoms with E-state index in [0.717, 1.165) is 15.7 Å². The Morgan fingerprint density at radius 2 is 2.06 bits per heavy atom. The van der Waals surface area contributed by atoms with E-state index >= 15 is 0 Å². The number of rotatable bonds is 3. The summed E-state index contributed by atoms with van der Waals surface area (Å²) in [5.74, 6) is -0.245. The highest BCUT2D eigenvalue weighted by molar-refractivity contribution is 9.10. The van der Waals surface area contributed by atoms with E-state index in [9.17, 15) is 4.39 Å². The predicted octanol–water partition coefficient (Wildman–Crippen LogP) is 5.33. The van der Waals surface area contributed by atoms with E-state index in [1.807, 2.05) is 12.3 Å². The molecule has 0 aliphatic carbocycles. The molecule has 0 amide bonds. The molecule has 2 aromatic rings. The number of aryl methyl sites for hydroxylation is 1. The maximum absolute atomic E-state index is 13.4. The van der Waals surface area contributed by atoms with Crippen molar-refractivity contribution >= 4 is 48.9 Å². The van der Waals surface area contributed by atoms with Crippen molar-refractivity contribution in [1.29, 1.82) is 0 Å². The number of nitrogens with one attached hydrogen (secondary N) is 1. The molecule has 0 fully saturated rings. The highest BCUT2D eigenvalue weighted by Crippen LogP contribution is 2.25. The molecule has 1 N–H and O–H groups in total. The first-order valence-electron chi connectivity index (χ1n) is 4.98. The molecule has 0 unspecified atom stereocenters. The maximum atomic E-state index is 13.4. The molecule has 90 valence electrons. The van der Waals surface area contributed by atoms with Gasteiger partial charge in [0.05, 0.1) is 4.47 Å². The first-order valence-corrected chi connectivity index (χ1v) is 7.45. The third-order valence-corrected chi connectivity index (χ3v) is 4.65. The zero-order valence-electron chi connectivity index (χ0n) is 9.06. The fraction of sp³-hybridized carbons (Fsp3) is 0.167. The van der Waals surface area contributed by atoms with Gasteiger partial charge in [0.25, 0.3) is 0 Å². The fourth-order valence-electron chi connectivity index (χ4n) is 1.47. The Morgan fingerprint density at radius 1 is 1.29 bits per heavy atom. The molecular formula is C12H10Br2FNS. The van der Waals surface area contributed by atoms with Crippen LogP contribution in [0.15, 0.2) is 32.5 Å². The molecule has 0 aliphatic rings. The van der Waals surface area contributed by atoms with Crippen molar-refractivity contribution in [2.75, 3.05) is 5.32 Å². The monoisotopic (exact) mass is 377 g/mol. The normalized spacial score (nSPS) is 10.6. The van der Waals surface area contributed by atoms with Gasteiger partial charge in [-0.3, -0.25) is 0 Å². The summed E-state index contributed by atoms with van der Waals surface area (Å²) >= 11 is 8.25. The molecule has 5 heteroatoms. The first kappa shape index (κ1) is 13.1. The van der Waals surface area contributed by atoms with Crippen molar-refractivity contribution in [2.45, 2.75) is 13.5 Å². The summed E-state index contributed by atoms with van der Waals surface area (Å²) in [4.78, 5) is 1.21. The lowest BCUT2D eigenvalue weighted by Gasteiger charge is -2.09. The van der Waals surface area contributed by atoms with Crippen molar-refractivity contribution in [1.82, 2.24) is 0 Å². The quantitative estimate of drug-likeness (QED) is 0.760. The molecule has 0 bridgehead atoms. The minimum Gasteiger partial charge on any atom is -0.380 e. The van der Waals surface area contributed by atoms with Crippen LogP contribution < -0.4 is 5.32 Å². The van der Waals surface area contributed by atoms with Gasteiger partial charge in [-0.15, -0.1) is 11.3 Å². The van der Waals surface area contributed by atoms with Crippen molar-refractivity contribution in [2.24, 2.45) is 0 Å². The van der Waals surface area contributed by atoms with Gasteiger partial charge in [-0.2, -0.15) is 0 Å². The summed E-state index contributed by atoms with van der Waals surface area (Å²) in [5, 5.41) is 5.27. The Balaban J connectivity index is 2.11. The minimum atomic E-state index is -0.245. The Labute approximate surface area is 120 Å². The summed E-state index contributed by atoms with van der Waals surface area (Å²) in [5.41, 5.74) is 1.85. The summed E-state index contributed by atoms with van der Waals surface area (Å²) < 4.78 is 15.0. The summed E-state index contributed by atoms with van der Waals surface area (Å²) in [6, 6.07) is 5.35. The van der Waals surface area contributed by atoms with Crippen LogP contribution in [0.1, 0.15) is 10.4 Å². The molecule has 0 saturated heterocycles. The van der Waals surface area contributed by atoms with Gasteiger partial charge in [0, 0.05) is 27.0 Å². The largest absolute Gasteiger partial charge is 0.380 e. The molecule has 1 aromatic heterocycles. The van der Waals surface area contributed by atoms with Crippen LogP contribution in [0.5, 0.6) is 0 Å². The van der Waals surface area contributed by atoms with E-state index < -0.39 is 0 Å². The van der Waals surface area contributed by atoms with E-state index in [1.165, 1.54) is 10.9 Å². The highest BCUT2D eigenvalue weighted by atomic mass is 79.9.